The molecule has 0 saturated carbocycles. The number of halogens is 4. The molecule has 0 aliphatic heterocycles. The van der Waals surface area contributed by atoms with Gasteiger partial charge in [0.15, 0.2) is 0 Å². The Kier molecular flexibility index (Phi) is 5.06. The Morgan fingerprint density at radius 3 is 2.09 bits per heavy atom. The van der Waals surface area contributed by atoms with E-state index in [1.807, 2.05) is 0 Å². The molecule has 0 aromatic heterocycles. The third-order valence-electron chi connectivity index (χ3n) is 2.77. The van der Waals surface area contributed by atoms with E-state index in [2.05, 4.69) is 10.0 Å². The number of rotatable bonds is 5. The minimum Gasteiger partial charge on any atom is -0.375 e. The zero-order chi connectivity index (χ0) is 17.1. The number of sulfonamides is 1. The predicted molar refractivity (Wildman–Crippen MR) is 83.2 cm³/mol. The highest BCUT2D eigenvalue weighted by Crippen LogP contribution is 2.26. The van der Waals surface area contributed by atoms with Gasteiger partial charge in [0.05, 0.1) is 16.3 Å². The van der Waals surface area contributed by atoms with Gasteiger partial charge in [0.2, 0.25) is 0 Å². The van der Waals surface area contributed by atoms with E-state index in [0.717, 1.165) is 0 Å². The lowest BCUT2D eigenvalue weighted by Gasteiger charge is -2.15. The van der Waals surface area contributed by atoms with Gasteiger partial charge in [0.25, 0.3) is 10.0 Å². The fraction of sp³-hybridized carbons (Fsp3) is 0.143. The Labute approximate surface area is 136 Å². The van der Waals surface area contributed by atoms with Crippen LogP contribution < -0.4 is 10.0 Å². The summed E-state index contributed by atoms with van der Waals surface area (Å²) in [5.74, 6) is 0. The number of hydrogen-bond donors (Lipinski definition) is 2. The van der Waals surface area contributed by atoms with E-state index < -0.39 is 22.7 Å². The van der Waals surface area contributed by atoms with E-state index >= 15 is 0 Å². The molecular formula is C14H12ClF3N2O2S. The average molecular weight is 365 g/mol. The highest BCUT2D eigenvalue weighted by molar-refractivity contribution is 7.92. The van der Waals surface area contributed by atoms with Crippen molar-refractivity contribution < 1.29 is 21.6 Å². The molecule has 23 heavy (non-hydrogen) atoms. The first-order chi connectivity index (χ1) is 10.7. The zero-order valence-corrected chi connectivity index (χ0v) is 13.1. The van der Waals surface area contributed by atoms with Crippen LogP contribution in [0, 0.1) is 0 Å². The van der Waals surface area contributed by atoms with E-state index in [1.54, 1.807) is 0 Å². The second-order valence-electron chi connectivity index (χ2n) is 4.57. The van der Waals surface area contributed by atoms with Crippen molar-refractivity contribution in [3.8, 4) is 0 Å². The van der Waals surface area contributed by atoms with Gasteiger partial charge in [-0.15, -0.1) is 0 Å². The van der Waals surface area contributed by atoms with Gasteiger partial charge in [-0.3, -0.25) is 4.72 Å². The van der Waals surface area contributed by atoms with Crippen molar-refractivity contribution in [2.24, 2.45) is 0 Å². The number of alkyl halides is 3. The summed E-state index contributed by atoms with van der Waals surface area (Å²) in [6, 6.07) is 11.1. The first-order valence-corrected chi connectivity index (χ1v) is 8.21. The molecule has 0 bridgehead atoms. The van der Waals surface area contributed by atoms with Crippen molar-refractivity contribution in [3.05, 3.63) is 53.6 Å². The summed E-state index contributed by atoms with van der Waals surface area (Å²) in [4.78, 5) is -0.0486. The molecule has 2 aromatic carbocycles. The van der Waals surface area contributed by atoms with Crippen LogP contribution in [0.25, 0.3) is 0 Å². The van der Waals surface area contributed by atoms with E-state index in [-0.39, 0.29) is 16.3 Å². The molecule has 124 valence electrons. The van der Waals surface area contributed by atoms with Gasteiger partial charge in [0.1, 0.15) is 6.54 Å². The minimum atomic E-state index is -4.41. The first-order valence-electron chi connectivity index (χ1n) is 6.35. The highest BCUT2D eigenvalue weighted by Gasteiger charge is 2.27. The maximum Gasteiger partial charge on any atom is 0.405 e. The molecule has 0 fully saturated rings. The van der Waals surface area contributed by atoms with Gasteiger partial charge in [-0.2, -0.15) is 13.2 Å². The Morgan fingerprint density at radius 1 is 0.957 bits per heavy atom. The summed E-state index contributed by atoms with van der Waals surface area (Å²) < 4.78 is 63.7. The van der Waals surface area contributed by atoms with Crippen molar-refractivity contribution in [2.75, 3.05) is 16.6 Å². The van der Waals surface area contributed by atoms with Crippen molar-refractivity contribution in [1.82, 2.24) is 0 Å². The summed E-state index contributed by atoms with van der Waals surface area (Å²) in [6.07, 6.45) is -4.41. The Morgan fingerprint density at radius 2 is 1.52 bits per heavy atom. The zero-order valence-electron chi connectivity index (χ0n) is 11.6. The molecule has 9 heteroatoms. The maximum absolute atomic E-state index is 12.3. The maximum atomic E-state index is 12.3. The molecule has 4 nitrogen and oxygen atoms in total. The van der Waals surface area contributed by atoms with E-state index in [4.69, 9.17) is 11.6 Å². The van der Waals surface area contributed by atoms with E-state index in [1.165, 1.54) is 48.5 Å². The summed E-state index contributed by atoms with van der Waals surface area (Å²) in [7, 11) is -3.94. The lowest BCUT2D eigenvalue weighted by atomic mass is 10.3. The standard InChI is InChI=1S/C14H12ClF3N2O2S/c15-10-5-7-11(8-6-10)23(21,22)20-13-4-2-1-3-12(13)19-9-14(16,17)18/h1-8,19-20H,9H2. The second kappa shape index (κ2) is 6.67. The number of nitrogens with one attached hydrogen (secondary N) is 2. The van der Waals surface area contributed by atoms with Crippen molar-refractivity contribution >= 4 is 33.0 Å². The predicted octanol–water partition coefficient (Wildman–Crippen LogP) is 4.12. The number of hydrogen-bond acceptors (Lipinski definition) is 3. The third-order valence-corrected chi connectivity index (χ3v) is 4.41. The van der Waals surface area contributed by atoms with Gasteiger partial charge in [0, 0.05) is 5.02 Å². The smallest absolute Gasteiger partial charge is 0.375 e. The summed E-state index contributed by atoms with van der Waals surface area (Å²) in [5, 5.41) is 2.53. The fourth-order valence-electron chi connectivity index (χ4n) is 1.74. The lowest BCUT2D eigenvalue weighted by Crippen LogP contribution is -2.22. The lowest BCUT2D eigenvalue weighted by molar-refractivity contribution is -0.115. The topological polar surface area (TPSA) is 58.2 Å². The van der Waals surface area contributed by atoms with Crippen LogP contribution in [0.4, 0.5) is 24.5 Å². The van der Waals surface area contributed by atoms with Gasteiger partial charge >= 0.3 is 6.18 Å². The summed E-state index contributed by atoms with van der Waals surface area (Å²) in [5.41, 5.74) is 0.0501. The fourth-order valence-corrected chi connectivity index (χ4v) is 2.94. The number of para-hydroxylation sites is 2. The molecule has 2 aromatic rings. The van der Waals surface area contributed by atoms with E-state index in [0.29, 0.717) is 5.02 Å². The third kappa shape index (κ3) is 5.04. The molecule has 0 heterocycles. The molecule has 0 spiro atoms. The highest BCUT2D eigenvalue weighted by atomic mass is 35.5. The summed E-state index contributed by atoms with van der Waals surface area (Å²) in [6.45, 7) is -1.27. The second-order valence-corrected chi connectivity index (χ2v) is 6.69. The normalized spacial score (nSPS) is 12.0. The van der Waals surface area contributed by atoms with Crippen LogP contribution in [0.15, 0.2) is 53.4 Å². The van der Waals surface area contributed by atoms with Crippen LogP contribution in [0.2, 0.25) is 5.02 Å². The largest absolute Gasteiger partial charge is 0.405 e. The van der Waals surface area contributed by atoms with Crippen LogP contribution in [0.5, 0.6) is 0 Å². The molecule has 0 atom stereocenters. The van der Waals surface area contributed by atoms with Crippen molar-refractivity contribution in [2.45, 2.75) is 11.1 Å². The Hall–Kier alpha value is -1.93. The van der Waals surface area contributed by atoms with Crippen LogP contribution in [-0.4, -0.2) is 21.1 Å². The van der Waals surface area contributed by atoms with Gasteiger partial charge in [-0.05, 0) is 36.4 Å². The van der Waals surface area contributed by atoms with Crippen molar-refractivity contribution in [1.29, 1.82) is 0 Å². The average Bonchev–Trinajstić information content (AvgIpc) is 2.45. The molecule has 0 saturated heterocycles. The SMILES string of the molecule is O=S(=O)(Nc1ccccc1NCC(F)(F)F)c1ccc(Cl)cc1. The number of benzene rings is 2. The molecule has 0 radical (unpaired) electrons. The van der Waals surface area contributed by atoms with Crippen LogP contribution >= 0.6 is 11.6 Å². The molecule has 2 N–H and O–H groups in total. The van der Waals surface area contributed by atoms with Gasteiger partial charge < -0.3 is 5.32 Å². The van der Waals surface area contributed by atoms with E-state index in [9.17, 15) is 21.6 Å². The van der Waals surface area contributed by atoms with Gasteiger partial charge in [-0.1, -0.05) is 23.7 Å². The van der Waals surface area contributed by atoms with Crippen LogP contribution in [0.3, 0.4) is 0 Å². The Balaban J connectivity index is 2.24. The Bertz CT molecular complexity index is 777. The first kappa shape index (κ1) is 17.4. The van der Waals surface area contributed by atoms with Crippen molar-refractivity contribution in [3.63, 3.8) is 0 Å². The molecule has 0 unspecified atom stereocenters. The molecular weight excluding hydrogens is 353 g/mol. The minimum absolute atomic E-state index is 0.0201. The molecule has 0 aliphatic carbocycles. The monoisotopic (exact) mass is 364 g/mol. The molecule has 2 rings (SSSR count). The van der Waals surface area contributed by atoms with Gasteiger partial charge in [-0.25, -0.2) is 8.42 Å². The quantitative estimate of drug-likeness (QED) is 0.839. The molecule has 0 aliphatic rings. The van der Waals surface area contributed by atoms with Crippen LogP contribution in [0.1, 0.15) is 0 Å². The molecule has 0 amide bonds. The summed E-state index contributed by atoms with van der Waals surface area (Å²) >= 11 is 5.70. The van der Waals surface area contributed by atoms with Crippen LogP contribution in [-0.2, 0) is 10.0 Å². The number of anilines is 2.